The third kappa shape index (κ3) is 2.83. The molecule has 0 aliphatic heterocycles. The van der Waals surface area contributed by atoms with Gasteiger partial charge < -0.3 is 4.74 Å². The first-order chi connectivity index (χ1) is 8.52. The molecule has 0 saturated heterocycles. The highest BCUT2D eigenvalue weighted by atomic mass is 35.6. The summed E-state index contributed by atoms with van der Waals surface area (Å²) in [4.78, 5) is 0. The van der Waals surface area contributed by atoms with Crippen molar-refractivity contribution in [1.82, 2.24) is 15.4 Å². The number of hydrogen-bond acceptors (Lipinski definition) is 4. The summed E-state index contributed by atoms with van der Waals surface area (Å²) in [5, 5.41) is 11.1. The molecule has 0 N–H and O–H groups in total. The minimum absolute atomic E-state index is 0.523. The molecular weight excluding hydrogens is 296 g/mol. The van der Waals surface area contributed by atoms with Crippen molar-refractivity contribution in [2.75, 3.05) is 7.11 Å². The van der Waals surface area contributed by atoms with E-state index in [1.165, 1.54) is 7.11 Å². The van der Waals surface area contributed by atoms with E-state index in [1.807, 2.05) is 0 Å². The minimum Gasteiger partial charge on any atom is -0.496 e. The molecule has 4 nitrogen and oxygen atoms in total. The van der Waals surface area contributed by atoms with Crippen LogP contribution in [-0.2, 0) is 3.79 Å². The quantitative estimate of drug-likeness (QED) is 0.798. The SMILES string of the molecule is COc1cc(C(Cl)(Cl)Cl)ccc1-c1ccnnn1. The summed E-state index contributed by atoms with van der Waals surface area (Å²) in [6.45, 7) is 0. The molecule has 0 radical (unpaired) electrons. The van der Waals surface area contributed by atoms with Crippen molar-refractivity contribution in [3.05, 3.63) is 36.0 Å². The molecular formula is C11H8Cl3N3O. The lowest BCUT2D eigenvalue weighted by Crippen LogP contribution is -2.01. The third-order valence-corrected chi connectivity index (χ3v) is 2.96. The summed E-state index contributed by atoms with van der Waals surface area (Å²) in [6, 6.07) is 6.84. The van der Waals surface area contributed by atoms with E-state index in [1.54, 1.807) is 30.5 Å². The van der Waals surface area contributed by atoms with Crippen molar-refractivity contribution in [3.8, 4) is 17.0 Å². The lowest BCUT2D eigenvalue weighted by atomic mass is 10.1. The van der Waals surface area contributed by atoms with Gasteiger partial charge in [0.25, 0.3) is 0 Å². The lowest BCUT2D eigenvalue weighted by Gasteiger charge is -2.14. The highest BCUT2D eigenvalue weighted by Gasteiger charge is 2.24. The minimum atomic E-state index is -1.49. The van der Waals surface area contributed by atoms with Gasteiger partial charge in [-0.1, -0.05) is 40.9 Å². The van der Waals surface area contributed by atoms with E-state index in [4.69, 9.17) is 39.5 Å². The molecule has 0 atom stereocenters. The van der Waals surface area contributed by atoms with E-state index in [9.17, 15) is 0 Å². The van der Waals surface area contributed by atoms with E-state index in [0.717, 1.165) is 5.56 Å². The molecule has 0 aliphatic carbocycles. The van der Waals surface area contributed by atoms with Gasteiger partial charge in [-0.25, -0.2) is 0 Å². The summed E-state index contributed by atoms with van der Waals surface area (Å²) in [6.07, 6.45) is 1.55. The first-order valence-corrected chi connectivity index (χ1v) is 6.06. The molecule has 7 heteroatoms. The third-order valence-electron chi connectivity index (χ3n) is 2.31. The van der Waals surface area contributed by atoms with Crippen molar-refractivity contribution < 1.29 is 4.74 Å². The van der Waals surface area contributed by atoms with Crippen molar-refractivity contribution in [2.45, 2.75) is 3.79 Å². The van der Waals surface area contributed by atoms with Gasteiger partial charge in [-0.3, -0.25) is 0 Å². The maximum atomic E-state index is 5.82. The molecule has 0 spiro atoms. The maximum Gasteiger partial charge on any atom is 0.216 e. The Kier molecular flexibility index (Phi) is 3.90. The van der Waals surface area contributed by atoms with Crippen molar-refractivity contribution in [2.24, 2.45) is 0 Å². The van der Waals surface area contributed by atoms with Gasteiger partial charge >= 0.3 is 0 Å². The Labute approximate surface area is 119 Å². The Bertz CT molecular complexity index is 543. The van der Waals surface area contributed by atoms with Gasteiger partial charge in [-0.2, -0.15) is 0 Å². The Balaban J connectivity index is 2.51. The number of benzene rings is 1. The fourth-order valence-electron chi connectivity index (χ4n) is 1.46. The molecule has 18 heavy (non-hydrogen) atoms. The van der Waals surface area contributed by atoms with Crippen LogP contribution in [0.2, 0.25) is 0 Å². The van der Waals surface area contributed by atoms with E-state index in [2.05, 4.69) is 15.4 Å². The van der Waals surface area contributed by atoms with Gasteiger partial charge in [0.1, 0.15) is 11.4 Å². The van der Waals surface area contributed by atoms with Crippen LogP contribution in [0.3, 0.4) is 0 Å². The Morgan fingerprint density at radius 3 is 2.50 bits per heavy atom. The second-order valence-electron chi connectivity index (χ2n) is 3.42. The zero-order valence-electron chi connectivity index (χ0n) is 9.27. The highest BCUT2D eigenvalue weighted by Crippen LogP contribution is 2.41. The molecule has 0 unspecified atom stereocenters. The second-order valence-corrected chi connectivity index (χ2v) is 5.70. The zero-order valence-corrected chi connectivity index (χ0v) is 11.5. The molecule has 2 rings (SSSR count). The van der Waals surface area contributed by atoms with Crippen LogP contribution in [0.5, 0.6) is 5.75 Å². The summed E-state index contributed by atoms with van der Waals surface area (Å²) < 4.78 is 3.78. The molecule has 0 bridgehead atoms. The predicted octanol–water partition coefficient (Wildman–Crippen LogP) is 3.37. The first-order valence-electron chi connectivity index (χ1n) is 4.92. The lowest BCUT2D eigenvalue weighted by molar-refractivity contribution is 0.415. The van der Waals surface area contributed by atoms with Crippen LogP contribution < -0.4 is 4.74 Å². The van der Waals surface area contributed by atoms with Crippen LogP contribution in [0.1, 0.15) is 5.56 Å². The summed E-state index contributed by atoms with van der Waals surface area (Å²) >= 11 is 17.5. The number of alkyl halides is 3. The van der Waals surface area contributed by atoms with Crippen molar-refractivity contribution in [3.63, 3.8) is 0 Å². The van der Waals surface area contributed by atoms with Crippen LogP contribution in [0, 0.1) is 0 Å². The number of rotatable bonds is 2. The molecule has 0 fully saturated rings. The van der Waals surface area contributed by atoms with Gasteiger partial charge in [0.05, 0.1) is 13.3 Å². The van der Waals surface area contributed by atoms with Crippen molar-refractivity contribution >= 4 is 34.8 Å². The number of methoxy groups -OCH3 is 1. The average Bonchev–Trinajstić information content (AvgIpc) is 2.38. The summed E-state index contributed by atoms with van der Waals surface area (Å²) in [5.41, 5.74) is 1.92. The zero-order chi connectivity index (χ0) is 13.2. The van der Waals surface area contributed by atoms with E-state index < -0.39 is 3.79 Å². The largest absolute Gasteiger partial charge is 0.496 e. The van der Waals surface area contributed by atoms with Crippen LogP contribution in [0.25, 0.3) is 11.3 Å². The monoisotopic (exact) mass is 303 g/mol. The van der Waals surface area contributed by atoms with Crippen LogP contribution in [0.4, 0.5) is 0 Å². The number of halogens is 3. The molecule has 1 aromatic carbocycles. The Hall–Kier alpha value is -1.10. The first kappa shape index (κ1) is 13.3. The normalized spacial score (nSPS) is 11.3. The van der Waals surface area contributed by atoms with Gasteiger partial charge in [0.2, 0.25) is 3.79 Å². The molecule has 2 aromatic rings. The molecule has 94 valence electrons. The molecule has 0 saturated carbocycles. The number of ether oxygens (including phenoxy) is 1. The van der Waals surface area contributed by atoms with E-state index >= 15 is 0 Å². The van der Waals surface area contributed by atoms with Crippen molar-refractivity contribution in [1.29, 1.82) is 0 Å². The maximum absolute atomic E-state index is 5.82. The molecule has 1 aromatic heterocycles. The van der Waals surface area contributed by atoms with Gasteiger partial charge in [-0.15, -0.1) is 10.2 Å². The smallest absolute Gasteiger partial charge is 0.216 e. The predicted molar refractivity (Wildman–Crippen MR) is 71.1 cm³/mol. The number of aromatic nitrogens is 3. The Morgan fingerprint density at radius 2 is 1.94 bits per heavy atom. The summed E-state index contributed by atoms with van der Waals surface area (Å²) in [7, 11) is 1.54. The highest BCUT2D eigenvalue weighted by molar-refractivity contribution is 6.66. The average molecular weight is 305 g/mol. The van der Waals surface area contributed by atoms with E-state index in [0.29, 0.717) is 17.0 Å². The molecule has 1 heterocycles. The fraction of sp³-hybridized carbons (Fsp3) is 0.182. The fourth-order valence-corrected chi connectivity index (χ4v) is 1.82. The summed E-state index contributed by atoms with van der Waals surface area (Å²) in [5.74, 6) is 0.555. The van der Waals surface area contributed by atoms with Crippen LogP contribution in [0.15, 0.2) is 30.5 Å². The van der Waals surface area contributed by atoms with Gasteiger partial charge in [0.15, 0.2) is 0 Å². The van der Waals surface area contributed by atoms with Gasteiger partial charge in [-0.05, 0) is 23.4 Å². The second kappa shape index (κ2) is 5.26. The number of hydrogen-bond donors (Lipinski definition) is 0. The number of nitrogens with zero attached hydrogens (tertiary/aromatic N) is 3. The van der Waals surface area contributed by atoms with E-state index in [-0.39, 0.29) is 0 Å². The topological polar surface area (TPSA) is 47.9 Å². The van der Waals surface area contributed by atoms with Crippen LogP contribution >= 0.6 is 34.8 Å². The standard InChI is InChI=1S/C11H8Cl3N3O/c1-18-10-6-7(11(12,13)14)2-3-8(10)9-4-5-15-17-16-9/h2-6H,1H3. The molecule has 0 aliphatic rings. The Morgan fingerprint density at radius 1 is 1.17 bits per heavy atom. The van der Waals surface area contributed by atoms with Gasteiger partial charge in [0, 0.05) is 11.1 Å². The molecule has 0 amide bonds. The van der Waals surface area contributed by atoms with Crippen LogP contribution in [-0.4, -0.2) is 22.5 Å².